The van der Waals surface area contributed by atoms with Crippen LogP contribution < -0.4 is 11.3 Å². The van der Waals surface area contributed by atoms with Crippen LogP contribution >= 0.6 is 15.9 Å². The first-order chi connectivity index (χ1) is 9.69. The zero-order valence-electron chi connectivity index (χ0n) is 10.4. The molecule has 0 fully saturated rings. The number of benzene rings is 2. The Morgan fingerprint density at radius 1 is 1.15 bits per heavy atom. The van der Waals surface area contributed by atoms with Crippen molar-refractivity contribution in [2.24, 2.45) is 5.84 Å². The summed E-state index contributed by atoms with van der Waals surface area (Å²) in [5.41, 5.74) is 3.80. The molecule has 0 radical (unpaired) electrons. The summed E-state index contributed by atoms with van der Waals surface area (Å²) in [5.74, 6) is 5.81. The molecule has 1 atom stereocenters. The summed E-state index contributed by atoms with van der Waals surface area (Å²) in [7, 11) is 0. The molecule has 0 saturated heterocycles. The topological polar surface area (TPSA) is 51.2 Å². The van der Waals surface area contributed by atoms with Crippen LogP contribution in [0.2, 0.25) is 0 Å². The third-order valence-corrected chi connectivity index (χ3v) is 3.66. The quantitative estimate of drug-likeness (QED) is 0.564. The molecule has 1 aromatic heterocycles. The number of para-hydroxylation sites is 1. The second kappa shape index (κ2) is 5.36. The maximum atomic E-state index is 14.1. The molecule has 2 aromatic carbocycles. The van der Waals surface area contributed by atoms with Gasteiger partial charge in [-0.05, 0) is 24.3 Å². The molecular formula is C15H12BrFN2O. The zero-order valence-corrected chi connectivity index (χ0v) is 12.0. The van der Waals surface area contributed by atoms with Crippen LogP contribution in [0.1, 0.15) is 17.4 Å². The Kier molecular flexibility index (Phi) is 3.56. The van der Waals surface area contributed by atoms with Crippen LogP contribution in [-0.4, -0.2) is 0 Å². The largest absolute Gasteiger partial charge is 0.459 e. The number of hydrogen-bond acceptors (Lipinski definition) is 3. The van der Waals surface area contributed by atoms with Crippen LogP contribution in [0, 0.1) is 5.82 Å². The third kappa shape index (κ3) is 2.35. The molecule has 0 amide bonds. The second-order valence-electron chi connectivity index (χ2n) is 4.45. The lowest BCUT2D eigenvalue weighted by atomic mass is 10.0. The number of fused-ring (bicyclic) bond motifs is 1. The minimum absolute atomic E-state index is 0.345. The lowest BCUT2D eigenvalue weighted by molar-refractivity contribution is 0.462. The van der Waals surface area contributed by atoms with Gasteiger partial charge in [-0.1, -0.05) is 40.2 Å². The molecule has 102 valence electrons. The maximum Gasteiger partial charge on any atom is 0.134 e. The molecule has 3 N–H and O–H groups in total. The SMILES string of the molecule is NNC(c1cc2ccccc2o1)c1ccc(Br)cc1F. The molecule has 0 saturated carbocycles. The van der Waals surface area contributed by atoms with E-state index in [9.17, 15) is 4.39 Å². The van der Waals surface area contributed by atoms with Gasteiger partial charge in [0.15, 0.2) is 0 Å². The van der Waals surface area contributed by atoms with Crippen molar-refractivity contribution in [2.75, 3.05) is 0 Å². The Bertz CT molecular complexity index is 723. The molecule has 1 heterocycles. The Labute approximate surface area is 123 Å². The summed E-state index contributed by atoms with van der Waals surface area (Å²) < 4.78 is 20.5. The van der Waals surface area contributed by atoms with Gasteiger partial charge in [0, 0.05) is 15.4 Å². The normalized spacial score (nSPS) is 12.8. The fourth-order valence-corrected chi connectivity index (χ4v) is 2.54. The fourth-order valence-electron chi connectivity index (χ4n) is 2.21. The minimum atomic E-state index is -0.532. The molecule has 3 rings (SSSR count). The summed E-state index contributed by atoms with van der Waals surface area (Å²) >= 11 is 3.24. The predicted octanol–water partition coefficient (Wildman–Crippen LogP) is 3.89. The number of halogens is 2. The number of hydrogen-bond donors (Lipinski definition) is 2. The molecule has 0 aliphatic heterocycles. The van der Waals surface area contributed by atoms with Crippen molar-refractivity contribution < 1.29 is 8.81 Å². The Balaban J connectivity index is 2.08. The van der Waals surface area contributed by atoms with Crippen LogP contribution in [0.4, 0.5) is 4.39 Å². The predicted molar refractivity (Wildman–Crippen MR) is 79.5 cm³/mol. The number of rotatable bonds is 3. The van der Waals surface area contributed by atoms with E-state index in [0.717, 1.165) is 11.0 Å². The molecular weight excluding hydrogens is 323 g/mol. The van der Waals surface area contributed by atoms with Gasteiger partial charge in [-0.25, -0.2) is 9.82 Å². The van der Waals surface area contributed by atoms with Crippen molar-refractivity contribution in [3.8, 4) is 0 Å². The summed E-state index contributed by atoms with van der Waals surface area (Å²) in [5, 5.41) is 0.959. The van der Waals surface area contributed by atoms with E-state index < -0.39 is 6.04 Å². The fraction of sp³-hybridized carbons (Fsp3) is 0.0667. The lowest BCUT2D eigenvalue weighted by Crippen LogP contribution is -2.29. The first kappa shape index (κ1) is 13.3. The van der Waals surface area contributed by atoms with Crippen LogP contribution in [0.25, 0.3) is 11.0 Å². The highest BCUT2D eigenvalue weighted by Crippen LogP contribution is 2.30. The van der Waals surface area contributed by atoms with E-state index >= 15 is 0 Å². The summed E-state index contributed by atoms with van der Waals surface area (Å²) in [4.78, 5) is 0. The second-order valence-corrected chi connectivity index (χ2v) is 5.37. The number of nitrogens with two attached hydrogens (primary N) is 1. The van der Waals surface area contributed by atoms with Gasteiger partial charge in [0.25, 0.3) is 0 Å². The first-order valence-corrected chi connectivity index (χ1v) is 6.88. The lowest BCUT2D eigenvalue weighted by Gasteiger charge is -2.14. The van der Waals surface area contributed by atoms with E-state index in [1.165, 1.54) is 6.07 Å². The summed E-state index contributed by atoms with van der Waals surface area (Å²) in [6.45, 7) is 0. The molecule has 3 nitrogen and oxygen atoms in total. The standard InChI is InChI=1S/C15H12BrFN2O/c16-10-5-6-11(12(17)8-10)15(19-18)14-7-9-3-1-2-4-13(9)20-14/h1-8,15,19H,18H2. The molecule has 0 spiro atoms. The molecule has 1 unspecified atom stereocenters. The van der Waals surface area contributed by atoms with Crippen LogP contribution in [-0.2, 0) is 0 Å². The zero-order chi connectivity index (χ0) is 14.1. The molecule has 20 heavy (non-hydrogen) atoms. The van der Waals surface area contributed by atoms with Crippen molar-refractivity contribution in [3.63, 3.8) is 0 Å². The molecule has 5 heteroatoms. The highest BCUT2D eigenvalue weighted by atomic mass is 79.9. The first-order valence-electron chi connectivity index (χ1n) is 6.08. The van der Waals surface area contributed by atoms with E-state index in [-0.39, 0.29) is 5.82 Å². The van der Waals surface area contributed by atoms with Crippen LogP contribution in [0.3, 0.4) is 0 Å². The van der Waals surface area contributed by atoms with Gasteiger partial charge >= 0.3 is 0 Å². The average molecular weight is 335 g/mol. The van der Waals surface area contributed by atoms with Gasteiger partial charge in [0.05, 0.1) is 0 Å². The monoisotopic (exact) mass is 334 g/mol. The van der Waals surface area contributed by atoms with Crippen molar-refractivity contribution >= 4 is 26.9 Å². The molecule has 0 aliphatic carbocycles. The Hall–Kier alpha value is -1.69. The van der Waals surface area contributed by atoms with Gasteiger partial charge in [-0.15, -0.1) is 0 Å². The number of furan rings is 1. The van der Waals surface area contributed by atoms with E-state index in [4.69, 9.17) is 10.3 Å². The van der Waals surface area contributed by atoms with Gasteiger partial charge < -0.3 is 4.42 Å². The highest BCUT2D eigenvalue weighted by molar-refractivity contribution is 9.10. The van der Waals surface area contributed by atoms with E-state index in [1.807, 2.05) is 30.3 Å². The Morgan fingerprint density at radius 2 is 1.95 bits per heavy atom. The molecule has 3 aromatic rings. The van der Waals surface area contributed by atoms with Gasteiger partial charge in [-0.2, -0.15) is 0 Å². The van der Waals surface area contributed by atoms with E-state index in [1.54, 1.807) is 12.1 Å². The third-order valence-electron chi connectivity index (χ3n) is 3.17. The van der Waals surface area contributed by atoms with Crippen LogP contribution in [0.5, 0.6) is 0 Å². The minimum Gasteiger partial charge on any atom is -0.459 e. The smallest absolute Gasteiger partial charge is 0.134 e. The van der Waals surface area contributed by atoms with Gasteiger partial charge in [0.1, 0.15) is 23.2 Å². The van der Waals surface area contributed by atoms with E-state index in [2.05, 4.69) is 21.4 Å². The van der Waals surface area contributed by atoms with Gasteiger partial charge in [-0.3, -0.25) is 5.84 Å². The van der Waals surface area contributed by atoms with E-state index in [0.29, 0.717) is 15.8 Å². The number of hydrazine groups is 1. The average Bonchev–Trinajstić information content (AvgIpc) is 2.85. The molecule has 0 bridgehead atoms. The van der Waals surface area contributed by atoms with Crippen molar-refractivity contribution in [1.82, 2.24) is 5.43 Å². The van der Waals surface area contributed by atoms with Gasteiger partial charge in [0.2, 0.25) is 0 Å². The maximum absolute atomic E-state index is 14.1. The van der Waals surface area contributed by atoms with Crippen molar-refractivity contribution in [3.05, 3.63) is 70.1 Å². The Morgan fingerprint density at radius 3 is 2.65 bits per heavy atom. The summed E-state index contributed by atoms with van der Waals surface area (Å²) in [6, 6.07) is 13.8. The van der Waals surface area contributed by atoms with Crippen LogP contribution in [0.15, 0.2) is 57.4 Å². The molecule has 0 aliphatic rings. The van der Waals surface area contributed by atoms with Crippen molar-refractivity contribution in [1.29, 1.82) is 0 Å². The number of nitrogens with one attached hydrogen (secondary N) is 1. The van der Waals surface area contributed by atoms with Crippen molar-refractivity contribution in [2.45, 2.75) is 6.04 Å². The summed E-state index contributed by atoms with van der Waals surface area (Å²) in [6.07, 6.45) is 0. The highest BCUT2D eigenvalue weighted by Gasteiger charge is 2.20.